The standard InChI is InChI=1S/C23H25NO6/c1-13(25)16-12-23(28,22(27)29-2)18-20(26)15-10-6-7-11-17(15)30-21(18)19(16)24-14-8-4-3-5-9-14/h6-7,10-11,14,24,28H,3-5,8-9,12H2,1-2H3. The van der Waals surface area contributed by atoms with Crippen molar-refractivity contribution < 1.29 is 23.8 Å². The molecule has 2 aliphatic carbocycles. The van der Waals surface area contributed by atoms with Crippen LogP contribution in [-0.4, -0.2) is 30.0 Å². The first-order valence-corrected chi connectivity index (χ1v) is 10.2. The summed E-state index contributed by atoms with van der Waals surface area (Å²) in [6.07, 6.45) is 4.82. The van der Waals surface area contributed by atoms with Crippen molar-refractivity contribution in [2.75, 3.05) is 7.11 Å². The summed E-state index contributed by atoms with van der Waals surface area (Å²) in [5, 5.41) is 15.0. The molecule has 4 rings (SSSR count). The molecular formula is C23H25NO6. The second-order valence-electron chi connectivity index (χ2n) is 8.05. The molecule has 2 aliphatic rings. The molecule has 158 valence electrons. The minimum Gasteiger partial charge on any atom is -0.467 e. The fourth-order valence-electron chi connectivity index (χ4n) is 4.51. The van der Waals surface area contributed by atoms with Gasteiger partial charge in [0.2, 0.25) is 0 Å². The lowest BCUT2D eigenvalue weighted by Gasteiger charge is -2.35. The van der Waals surface area contributed by atoms with Crippen LogP contribution in [0, 0.1) is 0 Å². The SMILES string of the molecule is COC(=O)C1(O)CC(C(C)=O)=C(NC2CCCCC2)c2oc3ccccc3c(=O)c21. The number of carbonyl (C=O) groups is 2. The summed E-state index contributed by atoms with van der Waals surface area (Å²) in [5.74, 6) is -1.27. The molecule has 1 saturated carbocycles. The highest BCUT2D eigenvalue weighted by Crippen LogP contribution is 2.42. The van der Waals surface area contributed by atoms with Crippen LogP contribution in [0.15, 0.2) is 39.1 Å². The molecule has 7 heteroatoms. The Balaban J connectivity index is 2.00. The van der Waals surface area contributed by atoms with E-state index < -0.39 is 17.0 Å². The zero-order chi connectivity index (χ0) is 21.5. The molecule has 1 unspecified atom stereocenters. The van der Waals surface area contributed by atoms with E-state index in [4.69, 9.17) is 9.15 Å². The fraction of sp³-hybridized carbons (Fsp3) is 0.435. The maximum Gasteiger partial charge on any atom is 0.343 e. The Morgan fingerprint density at radius 2 is 1.90 bits per heavy atom. The van der Waals surface area contributed by atoms with Crippen molar-refractivity contribution in [3.05, 3.63) is 51.4 Å². The van der Waals surface area contributed by atoms with Gasteiger partial charge in [-0.1, -0.05) is 31.4 Å². The number of esters is 1. The third-order valence-electron chi connectivity index (χ3n) is 6.07. The van der Waals surface area contributed by atoms with E-state index in [-0.39, 0.29) is 40.5 Å². The van der Waals surface area contributed by atoms with Crippen molar-refractivity contribution in [1.29, 1.82) is 0 Å². The van der Waals surface area contributed by atoms with E-state index in [1.165, 1.54) is 6.92 Å². The zero-order valence-electron chi connectivity index (χ0n) is 17.1. The first-order chi connectivity index (χ1) is 14.4. The number of carbonyl (C=O) groups excluding carboxylic acids is 2. The summed E-state index contributed by atoms with van der Waals surface area (Å²) >= 11 is 0. The van der Waals surface area contributed by atoms with E-state index in [1.807, 2.05) is 0 Å². The van der Waals surface area contributed by atoms with Gasteiger partial charge < -0.3 is 19.6 Å². The van der Waals surface area contributed by atoms with Crippen molar-refractivity contribution >= 4 is 28.4 Å². The Bertz CT molecular complexity index is 1110. The molecule has 0 radical (unpaired) electrons. The van der Waals surface area contributed by atoms with Gasteiger partial charge in [0, 0.05) is 18.0 Å². The van der Waals surface area contributed by atoms with E-state index in [2.05, 4.69) is 5.32 Å². The molecule has 2 aromatic rings. The van der Waals surface area contributed by atoms with Crippen molar-refractivity contribution in [3.63, 3.8) is 0 Å². The van der Waals surface area contributed by atoms with Crippen LogP contribution in [0.25, 0.3) is 16.7 Å². The third-order valence-corrected chi connectivity index (χ3v) is 6.07. The Hall–Kier alpha value is -2.93. The molecule has 0 bridgehead atoms. The lowest BCUT2D eigenvalue weighted by atomic mass is 9.78. The first kappa shape index (κ1) is 20.3. The summed E-state index contributed by atoms with van der Waals surface area (Å²) in [6, 6.07) is 6.77. The molecule has 7 nitrogen and oxygen atoms in total. The maximum atomic E-state index is 13.4. The number of para-hydroxylation sites is 1. The van der Waals surface area contributed by atoms with Gasteiger partial charge in [-0.2, -0.15) is 0 Å². The quantitative estimate of drug-likeness (QED) is 0.745. The van der Waals surface area contributed by atoms with Crippen LogP contribution in [0.3, 0.4) is 0 Å². The van der Waals surface area contributed by atoms with Crippen LogP contribution in [0.2, 0.25) is 0 Å². The average Bonchev–Trinajstić information content (AvgIpc) is 2.75. The molecule has 1 aromatic carbocycles. The van der Waals surface area contributed by atoms with E-state index in [9.17, 15) is 19.5 Å². The van der Waals surface area contributed by atoms with E-state index in [0.717, 1.165) is 39.2 Å². The van der Waals surface area contributed by atoms with Gasteiger partial charge in [0.1, 0.15) is 5.58 Å². The number of ketones is 1. The number of hydrogen-bond acceptors (Lipinski definition) is 7. The molecule has 1 fully saturated rings. The minimum absolute atomic E-state index is 0.0358. The molecular weight excluding hydrogens is 386 g/mol. The second kappa shape index (κ2) is 7.72. The van der Waals surface area contributed by atoms with Gasteiger partial charge in [-0.3, -0.25) is 9.59 Å². The highest BCUT2D eigenvalue weighted by atomic mass is 16.5. The lowest BCUT2D eigenvalue weighted by molar-refractivity contribution is -0.164. The number of nitrogens with one attached hydrogen (secondary N) is 1. The average molecular weight is 411 g/mol. The summed E-state index contributed by atoms with van der Waals surface area (Å²) in [7, 11) is 1.13. The number of aliphatic hydroxyl groups is 1. The number of rotatable bonds is 4. The maximum absolute atomic E-state index is 13.4. The number of benzene rings is 1. The van der Waals surface area contributed by atoms with Crippen LogP contribution in [-0.2, 0) is 19.9 Å². The number of fused-ring (bicyclic) bond motifs is 2. The number of methoxy groups -OCH3 is 1. The predicted octanol–water partition coefficient (Wildman–Crippen LogP) is 2.78. The summed E-state index contributed by atoms with van der Waals surface area (Å²) in [4.78, 5) is 38.5. The van der Waals surface area contributed by atoms with Gasteiger partial charge in [-0.25, -0.2) is 4.79 Å². The molecule has 1 aromatic heterocycles. The van der Waals surface area contributed by atoms with Gasteiger partial charge in [0.05, 0.1) is 23.8 Å². The second-order valence-corrected chi connectivity index (χ2v) is 8.05. The molecule has 0 spiro atoms. The van der Waals surface area contributed by atoms with Crippen molar-refractivity contribution in [2.45, 2.75) is 57.1 Å². The van der Waals surface area contributed by atoms with Gasteiger partial charge in [-0.15, -0.1) is 0 Å². The normalized spacial score (nSPS) is 22.0. The molecule has 1 heterocycles. The first-order valence-electron chi connectivity index (χ1n) is 10.2. The fourth-order valence-corrected chi connectivity index (χ4v) is 4.51. The van der Waals surface area contributed by atoms with Crippen molar-refractivity contribution in [2.24, 2.45) is 0 Å². The van der Waals surface area contributed by atoms with E-state index in [1.54, 1.807) is 24.3 Å². The van der Waals surface area contributed by atoms with E-state index in [0.29, 0.717) is 11.3 Å². The summed E-state index contributed by atoms with van der Waals surface area (Å²) in [6.45, 7) is 1.37. The Labute approximate surface area is 173 Å². The van der Waals surface area contributed by atoms with Crippen LogP contribution in [0.5, 0.6) is 0 Å². The highest BCUT2D eigenvalue weighted by molar-refractivity contribution is 6.04. The molecule has 0 saturated heterocycles. The molecule has 2 N–H and O–H groups in total. The predicted molar refractivity (Wildman–Crippen MR) is 111 cm³/mol. The van der Waals surface area contributed by atoms with Crippen molar-refractivity contribution in [3.8, 4) is 0 Å². The third kappa shape index (κ3) is 3.23. The monoisotopic (exact) mass is 411 g/mol. The number of hydrogen-bond donors (Lipinski definition) is 2. The number of Topliss-reactive ketones (excluding diaryl/α,β-unsaturated/α-hetero) is 1. The minimum atomic E-state index is -2.30. The topological polar surface area (TPSA) is 106 Å². The van der Waals surface area contributed by atoms with Crippen LogP contribution in [0.4, 0.5) is 0 Å². The lowest BCUT2D eigenvalue weighted by Crippen LogP contribution is -2.46. The molecule has 0 amide bonds. The van der Waals surface area contributed by atoms with E-state index >= 15 is 0 Å². The molecule has 0 aliphatic heterocycles. The number of ether oxygens (including phenoxy) is 1. The van der Waals surface area contributed by atoms with Crippen LogP contribution in [0.1, 0.15) is 56.8 Å². The van der Waals surface area contributed by atoms with Gasteiger partial charge in [0.25, 0.3) is 0 Å². The Morgan fingerprint density at radius 3 is 2.57 bits per heavy atom. The zero-order valence-corrected chi connectivity index (χ0v) is 17.1. The van der Waals surface area contributed by atoms with Gasteiger partial charge >= 0.3 is 5.97 Å². The molecule has 30 heavy (non-hydrogen) atoms. The van der Waals surface area contributed by atoms with Gasteiger partial charge in [-0.05, 0) is 31.9 Å². The Kier molecular flexibility index (Phi) is 5.24. The summed E-state index contributed by atoms with van der Waals surface area (Å²) in [5.41, 5.74) is -2.06. The Morgan fingerprint density at radius 1 is 1.20 bits per heavy atom. The van der Waals surface area contributed by atoms with Gasteiger partial charge in [0.15, 0.2) is 22.6 Å². The van der Waals surface area contributed by atoms with Crippen molar-refractivity contribution in [1.82, 2.24) is 5.32 Å². The molecule has 1 atom stereocenters. The summed E-state index contributed by atoms with van der Waals surface area (Å²) < 4.78 is 10.9. The smallest absolute Gasteiger partial charge is 0.343 e. The van der Waals surface area contributed by atoms with Crippen LogP contribution < -0.4 is 10.7 Å². The van der Waals surface area contributed by atoms with Crippen LogP contribution >= 0.6 is 0 Å². The largest absolute Gasteiger partial charge is 0.467 e. The highest BCUT2D eigenvalue weighted by Gasteiger charge is 2.50.